The van der Waals surface area contributed by atoms with E-state index in [4.69, 9.17) is 4.52 Å². The molecule has 3 nitrogen and oxygen atoms in total. The molecule has 0 radical (unpaired) electrons. The summed E-state index contributed by atoms with van der Waals surface area (Å²) in [6.45, 7) is 4.41. The van der Waals surface area contributed by atoms with Gasteiger partial charge in [0, 0.05) is 17.4 Å². The highest BCUT2D eigenvalue weighted by atomic mass is 35.5. The molecule has 98 valence electrons. The van der Waals surface area contributed by atoms with Crippen molar-refractivity contribution in [2.24, 2.45) is 0 Å². The van der Waals surface area contributed by atoms with Gasteiger partial charge in [-0.15, -0.1) is 24.8 Å². The van der Waals surface area contributed by atoms with Crippen molar-refractivity contribution < 1.29 is 4.52 Å². The van der Waals surface area contributed by atoms with Crippen LogP contribution in [0.15, 0.2) is 4.52 Å². The maximum Gasteiger partial charge on any atom is 0.139 e. The first-order valence-corrected chi connectivity index (χ1v) is 6.04. The molecule has 0 bridgehead atoms. The molecule has 1 aromatic heterocycles. The molecule has 1 aromatic rings. The van der Waals surface area contributed by atoms with Gasteiger partial charge in [-0.1, -0.05) is 12.1 Å². The zero-order valence-electron chi connectivity index (χ0n) is 10.1. The van der Waals surface area contributed by atoms with Crippen LogP contribution in [0.25, 0.3) is 0 Å². The van der Waals surface area contributed by atoms with Crippen LogP contribution >= 0.6 is 24.8 Å². The predicted octanol–water partition coefficient (Wildman–Crippen LogP) is 2.65. The predicted molar refractivity (Wildman–Crippen MR) is 72.5 cm³/mol. The molecule has 1 saturated heterocycles. The number of hydrogen-bond donors (Lipinski definition) is 1. The Morgan fingerprint density at radius 1 is 1.24 bits per heavy atom. The lowest BCUT2D eigenvalue weighted by Gasteiger charge is -2.32. The van der Waals surface area contributed by atoms with Crippen LogP contribution < -0.4 is 5.32 Å². The van der Waals surface area contributed by atoms with Crippen molar-refractivity contribution in [3.05, 3.63) is 17.0 Å². The Labute approximate surface area is 115 Å². The molecule has 1 spiro atoms. The number of fused-ring (bicyclic) bond motifs is 2. The summed E-state index contributed by atoms with van der Waals surface area (Å²) in [5.74, 6) is 1.13. The van der Waals surface area contributed by atoms with E-state index in [1.54, 1.807) is 0 Å². The molecule has 2 heterocycles. The van der Waals surface area contributed by atoms with E-state index in [1.807, 2.05) is 0 Å². The lowest BCUT2D eigenvalue weighted by molar-refractivity contribution is 0.274. The number of nitrogens with zero attached hydrogens (tertiary/aromatic N) is 1. The monoisotopic (exact) mass is 278 g/mol. The standard InChI is InChI=1S/C12H18N2O.2ClH/c1-2-10-9-3-4-12(11(9)14-15-10)5-7-13-8-6-12;;/h13H,2-8H2,1H3;2*1H. The molecule has 3 rings (SSSR count). The van der Waals surface area contributed by atoms with E-state index < -0.39 is 0 Å². The van der Waals surface area contributed by atoms with Gasteiger partial charge in [0.15, 0.2) is 0 Å². The highest BCUT2D eigenvalue weighted by molar-refractivity contribution is 5.85. The Bertz CT molecular complexity index is 373. The average molecular weight is 279 g/mol. The number of hydrogen-bond acceptors (Lipinski definition) is 3. The molecule has 2 aliphatic rings. The van der Waals surface area contributed by atoms with Crippen LogP contribution in [-0.2, 0) is 18.3 Å². The van der Waals surface area contributed by atoms with Gasteiger partial charge in [-0.2, -0.15) is 0 Å². The van der Waals surface area contributed by atoms with E-state index in [0.717, 1.165) is 25.3 Å². The van der Waals surface area contributed by atoms with Gasteiger partial charge in [-0.05, 0) is 38.8 Å². The van der Waals surface area contributed by atoms with Crippen molar-refractivity contribution in [1.82, 2.24) is 10.5 Å². The summed E-state index contributed by atoms with van der Waals surface area (Å²) in [5, 5.41) is 7.77. The molecule has 0 saturated carbocycles. The van der Waals surface area contributed by atoms with Crippen LogP contribution in [0.1, 0.15) is 43.2 Å². The first-order valence-electron chi connectivity index (χ1n) is 6.04. The number of nitrogens with one attached hydrogen (secondary N) is 1. The fourth-order valence-corrected chi connectivity index (χ4v) is 3.17. The van der Waals surface area contributed by atoms with Gasteiger partial charge >= 0.3 is 0 Å². The Kier molecular flexibility index (Phi) is 4.87. The normalized spacial score (nSPS) is 20.5. The molecule has 0 unspecified atom stereocenters. The summed E-state index contributed by atoms with van der Waals surface area (Å²) in [5.41, 5.74) is 3.08. The molecule has 1 fully saturated rings. The van der Waals surface area contributed by atoms with E-state index in [9.17, 15) is 0 Å². The zero-order valence-corrected chi connectivity index (χ0v) is 11.8. The van der Waals surface area contributed by atoms with Crippen molar-refractivity contribution in [2.75, 3.05) is 13.1 Å². The fourth-order valence-electron chi connectivity index (χ4n) is 3.17. The largest absolute Gasteiger partial charge is 0.361 e. The van der Waals surface area contributed by atoms with Crippen LogP contribution in [0.5, 0.6) is 0 Å². The van der Waals surface area contributed by atoms with Crippen LogP contribution in [-0.4, -0.2) is 18.2 Å². The van der Waals surface area contributed by atoms with Crippen molar-refractivity contribution in [1.29, 1.82) is 0 Å². The van der Waals surface area contributed by atoms with E-state index in [0.29, 0.717) is 5.41 Å². The maximum absolute atomic E-state index is 5.44. The van der Waals surface area contributed by atoms with Gasteiger partial charge in [0.1, 0.15) is 5.76 Å². The second-order valence-electron chi connectivity index (χ2n) is 4.82. The van der Waals surface area contributed by atoms with Gasteiger partial charge in [0.25, 0.3) is 0 Å². The fraction of sp³-hybridized carbons (Fsp3) is 0.750. The minimum Gasteiger partial charge on any atom is -0.361 e. The second-order valence-corrected chi connectivity index (χ2v) is 4.82. The summed E-state index contributed by atoms with van der Waals surface area (Å²) in [4.78, 5) is 0. The van der Waals surface area contributed by atoms with E-state index in [1.165, 1.54) is 36.9 Å². The van der Waals surface area contributed by atoms with Crippen molar-refractivity contribution in [3.8, 4) is 0 Å². The van der Waals surface area contributed by atoms with Crippen LogP contribution in [0.3, 0.4) is 0 Å². The molecular weight excluding hydrogens is 259 g/mol. The Morgan fingerprint density at radius 3 is 2.59 bits per heavy atom. The minimum atomic E-state index is 0. The molecule has 0 aromatic carbocycles. The number of aromatic nitrogens is 1. The first kappa shape index (κ1) is 14.8. The molecule has 0 amide bonds. The molecular formula is C12H20Cl2N2O. The van der Waals surface area contributed by atoms with E-state index >= 15 is 0 Å². The van der Waals surface area contributed by atoms with Crippen molar-refractivity contribution >= 4 is 24.8 Å². The number of piperidine rings is 1. The van der Waals surface area contributed by atoms with Gasteiger partial charge < -0.3 is 9.84 Å². The molecule has 0 atom stereocenters. The van der Waals surface area contributed by atoms with Gasteiger partial charge in [0.05, 0.1) is 5.69 Å². The average Bonchev–Trinajstić information content (AvgIpc) is 2.83. The molecule has 5 heteroatoms. The third-order valence-electron chi connectivity index (χ3n) is 4.11. The molecule has 1 aliphatic heterocycles. The highest BCUT2D eigenvalue weighted by Crippen LogP contribution is 2.45. The lowest BCUT2D eigenvalue weighted by atomic mass is 9.77. The Balaban J connectivity index is 0.000000722. The third kappa shape index (κ3) is 2.20. The lowest BCUT2D eigenvalue weighted by Crippen LogP contribution is -2.38. The topological polar surface area (TPSA) is 38.1 Å². The van der Waals surface area contributed by atoms with E-state index in [2.05, 4.69) is 17.4 Å². The van der Waals surface area contributed by atoms with Gasteiger partial charge in [0.2, 0.25) is 0 Å². The number of aryl methyl sites for hydroxylation is 1. The number of halogens is 2. The molecule has 1 aliphatic carbocycles. The smallest absolute Gasteiger partial charge is 0.139 e. The third-order valence-corrected chi connectivity index (χ3v) is 4.11. The summed E-state index contributed by atoms with van der Waals surface area (Å²) in [6, 6.07) is 0. The van der Waals surface area contributed by atoms with Crippen molar-refractivity contribution in [2.45, 2.75) is 44.4 Å². The van der Waals surface area contributed by atoms with E-state index in [-0.39, 0.29) is 24.8 Å². The molecule has 17 heavy (non-hydrogen) atoms. The van der Waals surface area contributed by atoms with Crippen LogP contribution in [0.4, 0.5) is 0 Å². The Morgan fingerprint density at radius 2 is 1.94 bits per heavy atom. The Hall–Kier alpha value is -0.250. The summed E-state index contributed by atoms with van der Waals surface area (Å²) in [7, 11) is 0. The number of rotatable bonds is 1. The maximum atomic E-state index is 5.44. The summed E-state index contributed by atoms with van der Waals surface area (Å²) in [6.07, 6.45) is 5.92. The minimum absolute atomic E-state index is 0. The highest BCUT2D eigenvalue weighted by Gasteiger charge is 2.43. The van der Waals surface area contributed by atoms with Gasteiger partial charge in [-0.3, -0.25) is 0 Å². The van der Waals surface area contributed by atoms with Crippen LogP contribution in [0.2, 0.25) is 0 Å². The second kappa shape index (κ2) is 5.59. The zero-order chi connectivity index (χ0) is 10.3. The first-order chi connectivity index (χ1) is 7.36. The molecule has 1 N–H and O–H groups in total. The van der Waals surface area contributed by atoms with Crippen LogP contribution in [0, 0.1) is 0 Å². The van der Waals surface area contributed by atoms with Crippen molar-refractivity contribution in [3.63, 3.8) is 0 Å². The summed E-state index contributed by atoms with van der Waals surface area (Å²) < 4.78 is 5.44. The summed E-state index contributed by atoms with van der Waals surface area (Å²) >= 11 is 0. The van der Waals surface area contributed by atoms with Gasteiger partial charge in [-0.25, -0.2) is 0 Å². The quantitative estimate of drug-likeness (QED) is 0.858. The SMILES string of the molecule is CCc1onc2c1CCC21CCNCC1.Cl.Cl.